The number of fused-ring (bicyclic) bond motifs is 5. The van der Waals surface area contributed by atoms with Crippen LogP contribution in [0, 0.1) is 0 Å². The molecular weight excluding hydrogens is 723 g/mol. The van der Waals surface area contributed by atoms with Crippen LogP contribution in [0.5, 0.6) is 0 Å². The Hall–Kier alpha value is -7.40. The van der Waals surface area contributed by atoms with Crippen molar-refractivity contribution in [1.29, 1.82) is 0 Å². The smallest absolute Gasteiger partial charge is 0.160 e. The van der Waals surface area contributed by atoms with Crippen molar-refractivity contribution in [3.8, 4) is 72.3 Å². The molecule has 8 aromatic carbocycles. The highest BCUT2D eigenvalue weighted by atomic mass is 32.1. The molecule has 0 aliphatic rings. The van der Waals surface area contributed by atoms with Crippen molar-refractivity contribution in [2.45, 2.75) is 0 Å². The average molecular weight is 758 g/mol. The van der Waals surface area contributed by atoms with Gasteiger partial charge in [0, 0.05) is 53.7 Å². The molecule has 4 heteroatoms. The summed E-state index contributed by atoms with van der Waals surface area (Å²) in [6.07, 6.45) is 0. The van der Waals surface area contributed by atoms with E-state index in [1.54, 1.807) is 0 Å². The van der Waals surface area contributed by atoms with Gasteiger partial charge in [-0.2, -0.15) is 0 Å². The molecule has 0 aliphatic carbocycles. The van der Waals surface area contributed by atoms with Crippen LogP contribution >= 0.6 is 11.3 Å². The predicted octanol–water partition coefficient (Wildman–Crippen LogP) is 14.8. The maximum Gasteiger partial charge on any atom is 0.160 e. The van der Waals surface area contributed by atoms with Crippen LogP contribution < -0.4 is 0 Å². The summed E-state index contributed by atoms with van der Waals surface area (Å²) in [5, 5.41) is 3.79. The summed E-state index contributed by atoms with van der Waals surface area (Å²) in [4.78, 5) is 11.6. The van der Waals surface area contributed by atoms with Gasteiger partial charge >= 0.3 is 0 Å². The number of nitrogens with zero attached hydrogens (tertiary/aromatic N) is 3. The molecule has 3 aromatic heterocycles. The van der Waals surface area contributed by atoms with E-state index in [0.717, 1.165) is 33.8 Å². The Morgan fingerprint density at radius 1 is 0.362 bits per heavy atom. The van der Waals surface area contributed by atoms with Gasteiger partial charge in [-0.05, 0) is 52.6 Å². The van der Waals surface area contributed by atoms with Crippen molar-refractivity contribution in [1.82, 2.24) is 14.5 Å². The minimum atomic E-state index is 0.700. The predicted molar refractivity (Wildman–Crippen MR) is 244 cm³/mol. The van der Waals surface area contributed by atoms with Gasteiger partial charge in [0.15, 0.2) is 5.82 Å². The number of aromatic nitrogens is 3. The Labute approximate surface area is 340 Å². The molecule has 0 bridgehead atoms. The summed E-state index contributed by atoms with van der Waals surface area (Å²) in [6.45, 7) is 0. The molecule has 58 heavy (non-hydrogen) atoms. The van der Waals surface area contributed by atoms with Crippen LogP contribution in [0.3, 0.4) is 0 Å². The summed E-state index contributed by atoms with van der Waals surface area (Å²) in [5.74, 6) is 0.700. The second kappa shape index (κ2) is 14.3. The molecule has 0 atom stereocenters. The average Bonchev–Trinajstić information content (AvgIpc) is 3.87. The van der Waals surface area contributed by atoms with E-state index >= 15 is 0 Å². The zero-order valence-electron chi connectivity index (χ0n) is 31.5. The number of para-hydroxylation sites is 1. The van der Waals surface area contributed by atoms with Crippen molar-refractivity contribution < 1.29 is 0 Å². The molecule has 0 N–H and O–H groups in total. The first-order chi connectivity index (χ1) is 28.8. The molecule has 272 valence electrons. The number of benzene rings is 8. The van der Waals surface area contributed by atoms with Gasteiger partial charge in [-0.25, -0.2) is 9.97 Å². The summed E-state index contributed by atoms with van der Waals surface area (Å²) in [5.41, 5.74) is 14.4. The minimum absolute atomic E-state index is 0.700. The molecule has 0 saturated heterocycles. The quantitative estimate of drug-likeness (QED) is 0.162. The van der Waals surface area contributed by atoms with Crippen LogP contribution in [-0.4, -0.2) is 14.5 Å². The lowest BCUT2D eigenvalue weighted by Crippen LogP contribution is -1.98. The molecule has 3 heterocycles. The maximum atomic E-state index is 5.20. The number of hydrogen-bond acceptors (Lipinski definition) is 3. The van der Waals surface area contributed by atoms with E-state index in [1.165, 1.54) is 64.6 Å². The molecule has 0 fully saturated rings. The molecular formula is C54H35N3S. The van der Waals surface area contributed by atoms with Crippen molar-refractivity contribution >= 4 is 43.2 Å². The summed E-state index contributed by atoms with van der Waals surface area (Å²) in [7, 11) is 0. The Balaban J connectivity index is 1.09. The largest absolute Gasteiger partial charge is 0.309 e. The van der Waals surface area contributed by atoms with E-state index in [9.17, 15) is 0 Å². The van der Waals surface area contributed by atoms with Gasteiger partial charge in [-0.15, -0.1) is 11.3 Å². The standard InChI is InChI=1S/C54H35N3S/c1-5-16-36(17-6-1)37-28-30-38(31-29-37)46-35-47(56-54(55-46)41-22-11-4-12-23-41)42-24-15-25-43(34-42)57-48-27-14-13-26-44(48)51-49(57)33-32-45-50(39-18-7-2-8-19-39)52(58-53(45)51)40-20-9-3-10-21-40/h1-35H. The lowest BCUT2D eigenvalue weighted by atomic mass is 9.98. The van der Waals surface area contributed by atoms with Gasteiger partial charge < -0.3 is 4.57 Å². The summed E-state index contributed by atoms with van der Waals surface area (Å²) >= 11 is 1.89. The Morgan fingerprint density at radius 3 is 1.62 bits per heavy atom. The fraction of sp³-hybridized carbons (Fsp3) is 0. The number of thiophene rings is 1. The minimum Gasteiger partial charge on any atom is -0.309 e. The molecule has 11 aromatic rings. The number of rotatable bonds is 7. The van der Waals surface area contributed by atoms with E-state index in [2.05, 4.69) is 193 Å². The summed E-state index contributed by atoms with van der Waals surface area (Å²) in [6, 6.07) is 75.4. The van der Waals surface area contributed by atoms with E-state index in [-0.39, 0.29) is 0 Å². The second-order valence-corrected chi connectivity index (χ2v) is 15.6. The van der Waals surface area contributed by atoms with Crippen LogP contribution in [0.1, 0.15) is 0 Å². The van der Waals surface area contributed by atoms with Gasteiger partial charge in [0.1, 0.15) is 0 Å². The second-order valence-electron chi connectivity index (χ2n) is 14.5. The topological polar surface area (TPSA) is 30.7 Å². The maximum absolute atomic E-state index is 5.20. The highest BCUT2D eigenvalue weighted by Crippen LogP contribution is 2.49. The van der Waals surface area contributed by atoms with Crippen molar-refractivity contribution in [3.63, 3.8) is 0 Å². The molecule has 0 amide bonds. The third-order valence-electron chi connectivity index (χ3n) is 11.0. The lowest BCUT2D eigenvalue weighted by molar-refractivity contribution is 1.16. The zero-order valence-corrected chi connectivity index (χ0v) is 32.3. The van der Waals surface area contributed by atoms with Crippen LogP contribution in [0.4, 0.5) is 0 Å². The zero-order chi connectivity index (χ0) is 38.4. The van der Waals surface area contributed by atoms with Crippen molar-refractivity contribution in [2.75, 3.05) is 0 Å². The first-order valence-corrected chi connectivity index (χ1v) is 20.4. The van der Waals surface area contributed by atoms with Crippen LogP contribution in [0.25, 0.3) is 104 Å². The fourth-order valence-electron chi connectivity index (χ4n) is 8.30. The van der Waals surface area contributed by atoms with Crippen molar-refractivity contribution in [2.24, 2.45) is 0 Å². The highest BCUT2D eigenvalue weighted by Gasteiger charge is 2.22. The molecule has 3 nitrogen and oxygen atoms in total. The third kappa shape index (κ3) is 5.90. The number of hydrogen-bond donors (Lipinski definition) is 0. The summed E-state index contributed by atoms with van der Waals surface area (Å²) < 4.78 is 3.72. The highest BCUT2D eigenvalue weighted by molar-refractivity contribution is 7.24. The van der Waals surface area contributed by atoms with Crippen LogP contribution in [0.2, 0.25) is 0 Å². The van der Waals surface area contributed by atoms with E-state index in [1.807, 2.05) is 35.6 Å². The first kappa shape index (κ1) is 33.9. The van der Waals surface area contributed by atoms with Crippen LogP contribution in [0.15, 0.2) is 212 Å². The van der Waals surface area contributed by atoms with Gasteiger partial charge in [0.25, 0.3) is 0 Å². The molecule has 0 aliphatic heterocycles. The van der Waals surface area contributed by atoms with E-state index in [0.29, 0.717) is 5.82 Å². The Morgan fingerprint density at radius 2 is 0.914 bits per heavy atom. The normalized spacial score (nSPS) is 11.4. The van der Waals surface area contributed by atoms with Crippen LogP contribution in [-0.2, 0) is 0 Å². The lowest BCUT2D eigenvalue weighted by Gasteiger charge is -2.12. The molecule has 0 spiro atoms. The Kier molecular flexibility index (Phi) is 8.34. The van der Waals surface area contributed by atoms with E-state index in [4.69, 9.17) is 9.97 Å². The van der Waals surface area contributed by atoms with Crippen molar-refractivity contribution in [3.05, 3.63) is 212 Å². The fourth-order valence-corrected chi connectivity index (χ4v) is 9.68. The Bertz CT molecular complexity index is 3240. The molecule has 0 saturated carbocycles. The van der Waals surface area contributed by atoms with Gasteiger partial charge in [0.05, 0.1) is 22.4 Å². The molecule has 0 unspecified atom stereocenters. The monoisotopic (exact) mass is 757 g/mol. The van der Waals surface area contributed by atoms with Gasteiger partial charge in [-0.3, -0.25) is 0 Å². The molecule has 0 radical (unpaired) electrons. The third-order valence-corrected chi connectivity index (χ3v) is 12.3. The SMILES string of the molecule is c1ccc(-c2ccc(-c3cc(-c4cccc(-n5c6ccccc6c6c7sc(-c8ccccc8)c(-c8ccccc8)c7ccc65)c4)nc(-c4ccccc4)n3)cc2)cc1. The van der Waals surface area contributed by atoms with Gasteiger partial charge in [-0.1, -0.05) is 182 Å². The van der Waals surface area contributed by atoms with Gasteiger partial charge in [0.2, 0.25) is 0 Å². The van der Waals surface area contributed by atoms with E-state index < -0.39 is 0 Å². The molecule has 11 rings (SSSR count). The first-order valence-electron chi connectivity index (χ1n) is 19.6.